The minimum atomic E-state index is -0.991. The lowest BCUT2D eigenvalue weighted by atomic mass is 9.50. The zero-order valence-electron chi connectivity index (χ0n) is 33.1. The molecule has 4 atom stereocenters. The van der Waals surface area contributed by atoms with Crippen LogP contribution in [0.1, 0.15) is 89.4 Å². The number of rotatable bonds is 12. The molecule has 0 radical (unpaired) electrons. The molecule has 0 aliphatic heterocycles. The molecule has 1 aliphatic rings. The molecular formula is C52H44O8. The molecule has 0 amide bonds. The second-order valence-corrected chi connectivity index (χ2v) is 14.1. The van der Waals surface area contributed by atoms with Crippen molar-refractivity contribution in [1.29, 1.82) is 0 Å². The van der Waals surface area contributed by atoms with E-state index in [0.29, 0.717) is 5.56 Å². The summed E-state index contributed by atoms with van der Waals surface area (Å²) in [5.41, 5.74) is 5.50. The average molecular weight is 797 g/mol. The highest BCUT2D eigenvalue weighted by atomic mass is 16.4. The van der Waals surface area contributed by atoms with Crippen molar-refractivity contribution in [1.82, 2.24) is 0 Å². The van der Waals surface area contributed by atoms with Gasteiger partial charge in [-0.1, -0.05) is 158 Å². The number of aromatic carboxylic acids is 2. The molecule has 8 nitrogen and oxygen atoms in total. The fourth-order valence-corrected chi connectivity index (χ4v) is 7.11. The van der Waals surface area contributed by atoms with Gasteiger partial charge in [-0.15, -0.1) is 0 Å². The third-order valence-corrected chi connectivity index (χ3v) is 10.1. The molecule has 1 aliphatic carbocycles. The molecule has 0 saturated heterocycles. The molecule has 0 spiro atoms. The molecule has 0 bridgehead atoms. The third-order valence-electron chi connectivity index (χ3n) is 10.1. The van der Waals surface area contributed by atoms with Crippen molar-refractivity contribution >= 4 is 47.2 Å². The predicted octanol–water partition coefficient (Wildman–Crippen LogP) is 10.5. The molecule has 1 fully saturated rings. The van der Waals surface area contributed by atoms with E-state index in [-0.39, 0.29) is 46.1 Å². The summed E-state index contributed by atoms with van der Waals surface area (Å²) in [5, 5.41) is 17.8. The molecule has 7 rings (SSSR count). The number of carbonyl (C=O) groups is 6. The van der Waals surface area contributed by atoms with Crippen LogP contribution in [0.5, 0.6) is 0 Å². The number of hydrogen-bond donors (Lipinski definition) is 2. The van der Waals surface area contributed by atoms with Crippen molar-refractivity contribution in [2.24, 2.45) is 11.8 Å². The van der Waals surface area contributed by atoms with Crippen LogP contribution in [0.25, 0.3) is 12.2 Å². The fourth-order valence-electron chi connectivity index (χ4n) is 7.11. The van der Waals surface area contributed by atoms with Crippen LogP contribution in [0, 0.1) is 11.8 Å². The SMILES string of the molecule is CC(=O)/C=C/c1ccc(C(=O)O)cc1.CC(=O)[C@H]1[C@H](C(=O)c2ccccc2)[C@@H](c2ccccc2)[C@@H]1c1ccc(C(=O)O)cc1.O=C(/C=C/c1ccccc1)c1ccccc1. The highest BCUT2D eigenvalue weighted by Crippen LogP contribution is 2.59. The van der Waals surface area contributed by atoms with Gasteiger partial charge in [-0.2, -0.15) is 0 Å². The van der Waals surface area contributed by atoms with Gasteiger partial charge in [0.25, 0.3) is 0 Å². The van der Waals surface area contributed by atoms with Gasteiger partial charge < -0.3 is 10.2 Å². The Balaban J connectivity index is 0.000000191. The zero-order valence-corrected chi connectivity index (χ0v) is 33.1. The van der Waals surface area contributed by atoms with E-state index in [1.807, 2.05) is 115 Å². The van der Waals surface area contributed by atoms with Crippen molar-refractivity contribution in [3.05, 3.63) is 227 Å². The lowest BCUT2D eigenvalue weighted by Crippen LogP contribution is -2.50. The molecule has 6 aromatic rings. The highest BCUT2D eigenvalue weighted by Gasteiger charge is 2.56. The average Bonchev–Trinajstić information content (AvgIpc) is 3.26. The van der Waals surface area contributed by atoms with Crippen molar-refractivity contribution in [2.75, 3.05) is 0 Å². The largest absolute Gasteiger partial charge is 0.478 e. The Bertz CT molecular complexity index is 2460. The maximum atomic E-state index is 13.4. The summed E-state index contributed by atoms with van der Waals surface area (Å²) in [6.07, 6.45) is 6.52. The Hall–Kier alpha value is -7.58. The van der Waals surface area contributed by atoms with Crippen molar-refractivity contribution in [3.8, 4) is 0 Å². The first-order valence-electron chi connectivity index (χ1n) is 19.3. The number of Topliss-reactive ketones (excluding diaryl/α,β-unsaturated/α-hetero) is 2. The molecule has 1 saturated carbocycles. The Morgan fingerprint density at radius 1 is 0.417 bits per heavy atom. The van der Waals surface area contributed by atoms with Crippen LogP contribution < -0.4 is 0 Å². The number of allylic oxidation sites excluding steroid dienone is 2. The Kier molecular flexibility index (Phi) is 15.4. The predicted molar refractivity (Wildman–Crippen MR) is 233 cm³/mol. The second-order valence-electron chi connectivity index (χ2n) is 14.1. The van der Waals surface area contributed by atoms with E-state index < -0.39 is 23.8 Å². The van der Waals surface area contributed by atoms with Crippen LogP contribution in [-0.2, 0) is 9.59 Å². The Morgan fingerprint density at radius 2 is 0.817 bits per heavy atom. The summed E-state index contributed by atoms with van der Waals surface area (Å²) in [4.78, 5) is 70.1. The van der Waals surface area contributed by atoms with E-state index >= 15 is 0 Å². The number of benzene rings is 6. The van der Waals surface area contributed by atoms with Crippen LogP contribution in [0.3, 0.4) is 0 Å². The van der Waals surface area contributed by atoms with E-state index in [9.17, 15) is 33.9 Å². The maximum absolute atomic E-state index is 13.4. The van der Waals surface area contributed by atoms with E-state index in [4.69, 9.17) is 5.11 Å². The Morgan fingerprint density at radius 3 is 1.30 bits per heavy atom. The standard InChI is InChI=1S/C26H22O4.C15H12O.C11H10O3/c1-16(27)21-22(18-12-14-20(15-13-18)26(29)30)23(17-8-4-2-5-9-17)24(21)25(28)19-10-6-3-7-11-19;16-15(14-9-5-2-6-10-14)12-11-13-7-3-1-4-8-13;1-8(12)2-3-9-4-6-10(7-5-9)11(13)14/h2-15,21-24H,1H3,(H,29,30);1-12H;2-7H,1H3,(H,13,14)/b;12-11+;3-2+/t21-,22-,23+,24+;;/m1../s1. The summed E-state index contributed by atoms with van der Waals surface area (Å²) in [6, 6.07) is 50.9. The first kappa shape index (κ1) is 43.5. The van der Waals surface area contributed by atoms with Gasteiger partial charge in [-0.3, -0.25) is 19.2 Å². The van der Waals surface area contributed by atoms with Crippen LogP contribution >= 0.6 is 0 Å². The lowest BCUT2D eigenvalue weighted by Gasteiger charge is -2.51. The number of hydrogen-bond acceptors (Lipinski definition) is 6. The summed E-state index contributed by atoms with van der Waals surface area (Å²) in [7, 11) is 0. The number of ketones is 4. The van der Waals surface area contributed by atoms with E-state index in [1.54, 1.807) is 60.7 Å². The molecule has 2 N–H and O–H groups in total. The molecule has 0 unspecified atom stereocenters. The zero-order chi connectivity index (χ0) is 43.0. The van der Waals surface area contributed by atoms with Crippen LogP contribution in [0.4, 0.5) is 0 Å². The molecule has 300 valence electrons. The van der Waals surface area contributed by atoms with Crippen molar-refractivity contribution < 1.29 is 39.0 Å². The number of carboxylic acid groups (broad SMARTS) is 2. The van der Waals surface area contributed by atoms with Gasteiger partial charge >= 0.3 is 11.9 Å². The number of carbonyl (C=O) groups excluding carboxylic acids is 4. The summed E-state index contributed by atoms with van der Waals surface area (Å²) >= 11 is 0. The van der Waals surface area contributed by atoms with Crippen molar-refractivity contribution in [2.45, 2.75) is 25.7 Å². The van der Waals surface area contributed by atoms with Gasteiger partial charge in [0.1, 0.15) is 5.78 Å². The van der Waals surface area contributed by atoms with Crippen LogP contribution in [0.2, 0.25) is 0 Å². The van der Waals surface area contributed by atoms with Crippen LogP contribution in [-0.4, -0.2) is 45.3 Å². The summed E-state index contributed by atoms with van der Waals surface area (Å²) < 4.78 is 0. The first-order valence-corrected chi connectivity index (χ1v) is 19.3. The third kappa shape index (κ3) is 11.7. The molecule has 0 aromatic heterocycles. The highest BCUT2D eigenvalue weighted by molar-refractivity contribution is 6.06. The van der Waals surface area contributed by atoms with Gasteiger partial charge in [0.05, 0.1) is 11.1 Å². The molecular weight excluding hydrogens is 753 g/mol. The van der Waals surface area contributed by atoms with Gasteiger partial charge in [0.15, 0.2) is 17.3 Å². The van der Waals surface area contributed by atoms with Gasteiger partial charge in [-0.05, 0) is 72.5 Å². The Labute approximate surface area is 349 Å². The number of carboxylic acids is 2. The van der Waals surface area contributed by atoms with E-state index in [0.717, 1.165) is 27.8 Å². The topological polar surface area (TPSA) is 143 Å². The minimum absolute atomic E-state index is 0.0243. The normalized spacial score (nSPS) is 16.6. The molecule has 60 heavy (non-hydrogen) atoms. The van der Waals surface area contributed by atoms with Gasteiger partial charge in [0, 0.05) is 34.8 Å². The first-order chi connectivity index (χ1) is 28.9. The summed E-state index contributed by atoms with van der Waals surface area (Å²) in [6.45, 7) is 3.00. The van der Waals surface area contributed by atoms with Crippen molar-refractivity contribution in [3.63, 3.8) is 0 Å². The maximum Gasteiger partial charge on any atom is 0.335 e. The fraction of sp³-hybridized carbons (Fsp3) is 0.115. The summed E-state index contributed by atoms with van der Waals surface area (Å²) in [5.74, 6) is -3.21. The molecule has 6 aromatic carbocycles. The second kappa shape index (κ2) is 21.3. The smallest absolute Gasteiger partial charge is 0.335 e. The van der Waals surface area contributed by atoms with Crippen LogP contribution in [0.15, 0.2) is 182 Å². The quantitative estimate of drug-likeness (QED) is 0.0920. The molecule has 0 heterocycles. The monoisotopic (exact) mass is 796 g/mol. The van der Waals surface area contributed by atoms with E-state index in [1.165, 1.54) is 32.1 Å². The lowest BCUT2D eigenvalue weighted by molar-refractivity contribution is -0.127. The minimum Gasteiger partial charge on any atom is -0.478 e. The molecule has 8 heteroatoms. The van der Waals surface area contributed by atoms with Gasteiger partial charge in [-0.25, -0.2) is 9.59 Å². The van der Waals surface area contributed by atoms with Gasteiger partial charge in [0.2, 0.25) is 0 Å². The van der Waals surface area contributed by atoms with E-state index in [2.05, 4.69) is 0 Å².